The van der Waals surface area contributed by atoms with Gasteiger partial charge in [0.05, 0.1) is 0 Å². The molecule has 0 aliphatic rings. The molecule has 0 heterocycles. The maximum atomic E-state index is 16.2. The van der Waals surface area contributed by atoms with Crippen LogP contribution >= 0.6 is 7.82 Å². The van der Waals surface area contributed by atoms with Gasteiger partial charge in [-0.3, -0.25) is 0 Å². The first-order valence-electron chi connectivity index (χ1n) is 21.5. The molecule has 308 valence electrons. The highest BCUT2D eigenvalue weighted by Gasteiger charge is 2.39. The molecule has 0 saturated carbocycles. The average Bonchev–Trinajstić information content (AvgIpc) is 3.20. The van der Waals surface area contributed by atoms with Crippen LogP contribution in [-0.4, -0.2) is 0 Å². The van der Waals surface area contributed by atoms with Crippen molar-refractivity contribution in [2.45, 2.75) is 119 Å². The fourth-order valence-corrected chi connectivity index (χ4v) is 9.76. The monoisotopic (exact) mass is 806 g/mol. The predicted molar refractivity (Wildman–Crippen MR) is 250 cm³/mol. The van der Waals surface area contributed by atoms with Crippen molar-refractivity contribution in [1.82, 2.24) is 0 Å². The number of phosphoric ester groups is 1. The summed E-state index contributed by atoms with van der Waals surface area (Å²) >= 11 is 0. The first kappa shape index (κ1) is 43.5. The van der Waals surface area contributed by atoms with E-state index < -0.39 is 7.82 Å². The topological polar surface area (TPSA) is 44.8 Å². The Morgan fingerprint density at radius 3 is 0.763 bits per heavy atom. The Hall–Kier alpha value is -5.05. The highest BCUT2D eigenvalue weighted by molar-refractivity contribution is 7.49. The van der Waals surface area contributed by atoms with Gasteiger partial charge in [-0.25, -0.2) is 0 Å². The van der Waals surface area contributed by atoms with E-state index in [2.05, 4.69) is 174 Å². The molecule has 0 amide bonds. The summed E-state index contributed by atoms with van der Waals surface area (Å²) in [6, 6.07) is 43.5. The van der Waals surface area contributed by atoms with E-state index in [0.717, 1.165) is 50.1 Å². The Morgan fingerprint density at radius 1 is 0.322 bits per heavy atom. The summed E-state index contributed by atoms with van der Waals surface area (Å²) in [6.45, 7) is 26.2. The molecule has 0 aliphatic heterocycles. The number of hydrogen-bond acceptors (Lipinski definition) is 4. The Morgan fingerprint density at radius 2 is 0.559 bits per heavy atom. The van der Waals surface area contributed by atoms with E-state index in [-0.39, 0.29) is 35.5 Å². The van der Waals surface area contributed by atoms with E-state index in [9.17, 15) is 0 Å². The van der Waals surface area contributed by atoms with Gasteiger partial charge in [-0.1, -0.05) is 192 Å². The van der Waals surface area contributed by atoms with E-state index >= 15 is 4.57 Å². The second kappa shape index (κ2) is 18.5. The van der Waals surface area contributed by atoms with Crippen LogP contribution in [0.4, 0.5) is 0 Å². The van der Waals surface area contributed by atoms with Crippen molar-refractivity contribution in [2.24, 2.45) is 0 Å². The summed E-state index contributed by atoms with van der Waals surface area (Å²) in [7, 11) is -4.54. The first-order chi connectivity index (χ1) is 28.1. The minimum absolute atomic E-state index is 0.0230. The van der Waals surface area contributed by atoms with Crippen molar-refractivity contribution in [3.05, 3.63) is 161 Å². The Balaban J connectivity index is 1.63. The van der Waals surface area contributed by atoms with Crippen molar-refractivity contribution in [1.29, 1.82) is 0 Å². The van der Waals surface area contributed by atoms with E-state index in [1.54, 1.807) is 0 Å². The van der Waals surface area contributed by atoms with Crippen molar-refractivity contribution in [3.63, 3.8) is 0 Å². The van der Waals surface area contributed by atoms with Gasteiger partial charge in [0.15, 0.2) is 0 Å². The molecule has 0 saturated heterocycles. The van der Waals surface area contributed by atoms with Gasteiger partial charge in [-0.05, 0) is 104 Å². The lowest BCUT2D eigenvalue weighted by atomic mass is 9.84. The molecule has 0 fully saturated rings. The summed E-state index contributed by atoms with van der Waals surface area (Å²) in [5.74, 6) is 2.23. The number of rotatable bonds is 15. The molecule has 0 unspecified atom stereocenters. The molecular weight excluding hydrogens is 744 g/mol. The second-order valence-electron chi connectivity index (χ2n) is 17.6. The molecule has 0 aromatic heterocycles. The summed E-state index contributed by atoms with van der Waals surface area (Å²) in [5, 5.41) is 0. The van der Waals surface area contributed by atoms with E-state index in [4.69, 9.17) is 13.6 Å². The fraction of sp³-hybridized carbons (Fsp3) is 0.333. The highest BCUT2D eigenvalue weighted by atomic mass is 31.2. The molecule has 59 heavy (non-hydrogen) atoms. The largest absolute Gasteiger partial charge is 0.647 e. The minimum atomic E-state index is -4.54. The number of benzene rings is 6. The van der Waals surface area contributed by atoms with E-state index in [1.165, 1.54) is 16.7 Å². The van der Waals surface area contributed by atoms with Gasteiger partial charge in [0.2, 0.25) is 0 Å². The molecule has 0 radical (unpaired) electrons. The smallest absolute Gasteiger partial charge is 0.386 e. The van der Waals surface area contributed by atoms with Gasteiger partial charge in [-0.15, -0.1) is 0 Å². The maximum Gasteiger partial charge on any atom is 0.647 e. The fourth-order valence-electron chi connectivity index (χ4n) is 8.45. The maximum absolute atomic E-state index is 16.2. The van der Waals surface area contributed by atoms with Crippen LogP contribution in [0.1, 0.15) is 152 Å². The van der Waals surface area contributed by atoms with Crippen LogP contribution in [0.15, 0.2) is 127 Å². The SMILES string of the molecule is CC(C)c1ccc(OP(=O)(Oc2ccc(C(C)C)c(-c3ccccc3)c2C(C)C)Oc2ccc(C(C)C)c(-c3ccccc3)c2C(C)C)c(C(C)C)c1-c1ccccc1. The quantitative estimate of drug-likeness (QED) is 0.0970. The van der Waals surface area contributed by atoms with E-state index in [0.29, 0.717) is 17.2 Å². The van der Waals surface area contributed by atoms with Crippen LogP contribution < -0.4 is 13.6 Å². The lowest BCUT2D eigenvalue weighted by Crippen LogP contribution is -2.13. The molecule has 0 atom stereocenters. The summed E-state index contributed by atoms with van der Waals surface area (Å²) in [5.41, 5.74) is 13.0. The number of phosphoric acid groups is 1. The molecule has 0 N–H and O–H groups in total. The average molecular weight is 807 g/mol. The van der Waals surface area contributed by atoms with Crippen LogP contribution in [0.25, 0.3) is 33.4 Å². The summed E-state index contributed by atoms with van der Waals surface area (Å²) < 4.78 is 37.0. The van der Waals surface area contributed by atoms with Crippen molar-refractivity contribution >= 4 is 7.82 Å². The van der Waals surface area contributed by atoms with Crippen LogP contribution in [0.5, 0.6) is 17.2 Å². The molecule has 6 rings (SSSR count). The summed E-state index contributed by atoms with van der Waals surface area (Å²) in [4.78, 5) is 0. The second-order valence-corrected chi connectivity index (χ2v) is 19.0. The molecule has 0 aliphatic carbocycles. The van der Waals surface area contributed by atoms with Crippen molar-refractivity contribution < 1.29 is 18.1 Å². The predicted octanol–water partition coefficient (Wildman–Crippen LogP) is 17.1. The van der Waals surface area contributed by atoms with Crippen LogP contribution in [0.2, 0.25) is 0 Å². The molecule has 0 bridgehead atoms. The Kier molecular flexibility index (Phi) is 13.6. The van der Waals surface area contributed by atoms with Gasteiger partial charge in [0.25, 0.3) is 0 Å². The lowest BCUT2D eigenvalue weighted by Gasteiger charge is -2.29. The van der Waals surface area contributed by atoms with Crippen molar-refractivity contribution in [3.8, 4) is 50.6 Å². The third-order valence-corrected chi connectivity index (χ3v) is 12.4. The zero-order valence-corrected chi connectivity index (χ0v) is 38.1. The lowest BCUT2D eigenvalue weighted by molar-refractivity contribution is 0.294. The standard InChI is InChI=1S/C54H63O4P/c1-34(2)43-28-31-46(49(37(7)8)52(43)40-22-16-13-17-23-40)56-59(55,57-47-32-29-44(35(3)4)53(50(47)38(9)10)41-24-18-14-19-25-41)58-48-33-30-45(36(5)6)54(51(48)39(11)12)42-26-20-15-21-27-42/h13-39H,1-12H3. The molecule has 4 nitrogen and oxygen atoms in total. The van der Waals surface area contributed by atoms with Crippen LogP contribution in [0.3, 0.4) is 0 Å². The third kappa shape index (κ3) is 9.40. The van der Waals surface area contributed by atoms with Crippen LogP contribution in [-0.2, 0) is 4.57 Å². The Labute approximate surface area is 354 Å². The molecule has 6 aromatic carbocycles. The molecular formula is C54H63O4P. The molecule has 0 spiro atoms. The van der Waals surface area contributed by atoms with Gasteiger partial charge in [-0.2, -0.15) is 4.57 Å². The minimum Gasteiger partial charge on any atom is -0.386 e. The van der Waals surface area contributed by atoms with Gasteiger partial charge in [0.1, 0.15) is 17.2 Å². The van der Waals surface area contributed by atoms with E-state index in [1.807, 2.05) is 36.4 Å². The van der Waals surface area contributed by atoms with Gasteiger partial charge >= 0.3 is 7.82 Å². The van der Waals surface area contributed by atoms with Gasteiger partial charge in [0, 0.05) is 16.7 Å². The van der Waals surface area contributed by atoms with Gasteiger partial charge < -0.3 is 13.6 Å². The normalized spacial score (nSPS) is 12.0. The third-order valence-electron chi connectivity index (χ3n) is 11.1. The van der Waals surface area contributed by atoms with Crippen molar-refractivity contribution in [2.75, 3.05) is 0 Å². The zero-order valence-electron chi connectivity index (χ0n) is 37.2. The molecule has 6 aromatic rings. The first-order valence-corrected chi connectivity index (χ1v) is 22.9. The Bertz CT molecular complexity index is 2120. The highest BCUT2D eigenvalue weighted by Crippen LogP contribution is 2.57. The van der Waals surface area contributed by atoms with Crippen LogP contribution in [0, 0.1) is 0 Å². The zero-order chi connectivity index (χ0) is 42.6. The summed E-state index contributed by atoms with van der Waals surface area (Å²) in [6.07, 6.45) is 0. The number of hydrogen-bond donors (Lipinski definition) is 0. The molecule has 5 heteroatoms.